The third-order valence-corrected chi connectivity index (χ3v) is 6.51. The third kappa shape index (κ3) is 5.64. The van der Waals surface area contributed by atoms with Gasteiger partial charge in [0.05, 0.1) is 5.56 Å². The summed E-state index contributed by atoms with van der Waals surface area (Å²) in [6.07, 6.45) is 2.21. The molecule has 3 aromatic carbocycles. The molecule has 0 bridgehead atoms. The van der Waals surface area contributed by atoms with Crippen LogP contribution in [0.25, 0.3) is 11.1 Å². The van der Waals surface area contributed by atoms with E-state index in [4.69, 9.17) is 16.7 Å². The highest BCUT2D eigenvalue weighted by Crippen LogP contribution is 2.38. The molecule has 0 aliphatic heterocycles. The Kier molecular flexibility index (Phi) is 7.37. The maximum absolute atomic E-state index is 11.9. The molecule has 4 rings (SSSR count). The summed E-state index contributed by atoms with van der Waals surface area (Å²) in [6.45, 7) is 3.92. The van der Waals surface area contributed by atoms with Crippen LogP contribution < -0.4 is 0 Å². The Hall–Kier alpha value is -3.83. The van der Waals surface area contributed by atoms with Crippen LogP contribution in [0.5, 0.6) is 0 Å². The maximum Gasteiger partial charge on any atom is 0.335 e. The summed E-state index contributed by atoms with van der Waals surface area (Å²) in [4.78, 5) is 27.3. The number of nitrogens with zero attached hydrogens (tertiary/aromatic N) is 2. The van der Waals surface area contributed by atoms with Gasteiger partial charge < -0.3 is 5.11 Å². The number of nitroso groups, excluding NO2 is 1. The fraction of sp³-hybridized carbons (Fsp3) is 0.172. The average molecular weight is 485 g/mol. The lowest BCUT2D eigenvalue weighted by Crippen LogP contribution is -2.09. The number of carboxylic acids is 1. The molecule has 176 valence electrons. The molecular formula is C29H25ClN2O3. The minimum absolute atomic E-state index is 0.0770. The van der Waals surface area contributed by atoms with Crippen molar-refractivity contribution in [1.29, 1.82) is 0 Å². The highest BCUT2D eigenvalue weighted by Gasteiger charge is 2.24. The van der Waals surface area contributed by atoms with Gasteiger partial charge in [-0.05, 0) is 90.0 Å². The molecule has 0 saturated heterocycles. The molecule has 4 aromatic rings. The van der Waals surface area contributed by atoms with Crippen molar-refractivity contribution in [3.63, 3.8) is 0 Å². The summed E-state index contributed by atoms with van der Waals surface area (Å²) < 4.78 is 0. The molecule has 0 spiro atoms. The molecule has 0 amide bonds. The van der Waals surface area contributed by atoms with Gasteiger partial charge in [-0.15, -0.1) is 0 Å². The van der Waals surface area contributed by atoms with Crippen molar-refractivity contribution >= 4 is 17.6 Å². The van der Waals surface area contributed by atoms with Crippen LogP contribution in [0, 0.1) is 18.8 Å². The summed E-state index contributed by atoms with van der Waals surface area (Å²) in [7, 11) is 0. The molecule has 1 N–H and O–H groups in total. The molecule has 5 nitrogen and oxygen atoms in total. The number of carboxylic acid groups (broad SMARTS) is 1. The zero-order chi connectivity index (χ0) is 24.9. The van der Waals surface area contributed by atoms with E-state index in [1.165, 1.54) is 0 Å². The quantitative estimate of drug-likeness (QED) is 0.259. The van der Waals surface area contributed by atoms with Crippen molar-refractivity contribution in [3.8, 4) is 11.1 Å². The van der Waals surface area contributed by atoms with Crippen molar-refractivity contribution < 1.29 is 9.90 Å². The number of aryl methyl sites for hydroxylation is 2. The Morgan fingerprint density at radius 3 is 2.14 bits per heavy atom. The first-order valence-corrected chi connectivity index (χ1v) is 11.7. The molecule has 0 radical (unpaired) electrons. The molecule has 2 atom stereocenters. The van der Waals surface area contributed by atoms with Crippen LogP contribution in [0.2, 0.25) is 5.02 Å². The number of hydrogen-bond donors (Lipinski definition) is 1. The minimum atomic E-state index is -0.948. The molecule has 0 aliphatic rings. The number of pyridine rings is 1. The summed E-state index contributed by atoms with van der Waals surface area (Å²) >= 11 is 6.22. The Balaban J connectivity index is 1.70. The van der Waals surface area contributed by atoms with Crippen LogP contribution in [-0.2, 0) is 0 Å². The summed E-state index contributed by atoms with van der Waals surface area (Å²) in [5.41, 5.74) is 7.04. The predicted molar refractivity (Wildman–Crippen MR) is 139 cm³/mol. The Morgan fingerprint density at radius 2 is 1.57 bits per heavy atom. The molecular weight excluding hydrogens is 460 g/mol. The van der Waals surface area contributed by atoms with Crippen molar-refractivity contribution in [3.05, 3.63) is 129 Å². The first-order chi connectivity index (χ1) is 16.9. The highest BCUT2D eigenvalue weighted by atomic mass is 35.5. The van der Waals surface area contributed by atoms with Crippen LogP contribution in [0.3, 0.4) is 0 Å². The van der Waals surface area contributed by atoms with E-state index in [1.807, 2.05) is 56.3 Å². The molecule has 0 fully saturated rings. The zero-order valence-electron chi connectivity index (χ0n) is 19.5. The number of aromatic carboxylic acids is 1. The van der Waals surface area contributed by atoms with E-state index < -0.39 is 12.0 Å². The van der Waals surface area contributed by atoms with Gasteiger partial charge in [0.25, 0.3) is 0 Å². The summed E-state index contributed by atoms with van der Waals surface area (Å²) in [6, 6.07) is 24.0. The molecule has 0 aliphatic carbocycles. The van der Waals surface area contributed by atoms with Crippen molar-refractivity contribution in [2.24, 2.45) is 5.18 Å². The lowest BCUT2D eigenvalue weighted by Gasteiger charge is -2.23. The van der Waals surface area contributed by atoms with E-state index >= 15 is 0 Å². The number of halogens is 1. The summed E-state index contributed by atoms with van der Waals surface area (Å²) in [5, 5.41) is 13.3. The van der Waals surface area contributed by atoms with Gasteiger partial charge in [-0.3, -0.25) is 4.98 Å². The van der Waals surface area contributed by atoms with Gasteiger partial charge >= 0.3 is 5.97 Å². The van der Waals surface area contributed by atoms with Crippen molar-refractivity contribution in [1.82, 2.24) is 4.98 Å². The average Bonchev–Trinajstić information content (AvgIpc) is 2.86. The topological polar surface area (TPSA) is 79.6 Å². The third-order valence-electron chi connectivity index (χ3n) is 6.28. The predicted octanol–water partition coefficient (Wildman–Crippen LogP) is 7.75. The van der Waals surface area contributed by atoms with E-state index in [-0.39, 0.29) is 11.5 Å². The number of rotatable bonds is 8. The number of carbonyl (C=O) groups is 1. The molecule has 1 unspecified atom stereocenters. The molecule has 35 heavy (non-hydrogen) atoms. The van der Waals surface area contributed by atoms with Crippen LogP contribution >= 0.6 is 11.6 Å². The molecule has 1 heterocycles. The SMILES string of the molecule is Cc1cc(C(C[C@@H](c2ccc(-c3ccc(C(=O)O)cc3)cc2)c2ccc(Cl)cc2C)N=O)ccn1. The highest BCUT2D eigenvalue weighted by molar-refractivity contribution is 6.30. The van der Waals surface area contributed by atoms with Crippen LogP contribution in [0.1, 0.15) is 56.7 Å². The Morgan fingerprint density at radius 1 is 0.914 bits per heavy atom. The van der Waals surface area contributed by atoms with E-state index in [0.29, 0.717) is 11.4 Å². The Labute approximate surface area is 209 Å². The van der Waals surface area contributed by atoms with Gasteiger partial charge in [-0.2, -0.15) is 4.91 Å². The number of aromatic nitrogens is 1. The van der Waals surface area contributed by atoms with Gasteiger partial charge in [0.15, 0.2) is 0 Å². The maximum atomic E-state index is 11.9. The number of hydrogen-bond acceptors (Lipinski definition) is 4. The van der Waals surface area contributed by atoms with E-state index in [2.05, 4.69) is 22.3 Å². The summed E-state index contributed by atoms with van der Waals surface area (Å²) in [5.74, 6) is -1.03. The first-order valence-electron chi connectivity index (χ1n) is 11.3. The van der Waals surface area contributed by atoms with Gasteiger partial charge in [-0.25, -0.2) is 4.79 Å². The van der Waals surface area contributed by atoms with E-state index in [9.17, 15) is 9.70 Å². The second-order valence-electron chi connectivity index (χ2n) is 8.65. The fourth-order valence-electron chi connectivity index (χ4n) is 4.42. The molecule has 1 aromatic heterocycles. The first kappa shape index (κ1) is 24.3. The largest absolute Gasteiger partial charge is 0.478 e. The van der Waals surface area contributed by atoms with E-state index in [0.717, 1.165) is 39.1 Å². The number of benzene rings is 3. The van der Waals surface area contributed by atoms with Gasteiger partial charge in [0.1, 0.15) is 6.04 Å². The van der Waals surface area contributed by atoms with Crippen LogP contribution in [0.15, 0.2) is 90.2 Å². The van der Waals surface area contributed by atoms with Crippen molar-refractivity contribution in [2.45, 2.75) is 32.2 Å². The fourth-order valence-corrected chi connectivity index (χ4v) is 4.65. The minimum Gasteiger partial charge on any atom is -0.478 e. The smallest absolute Gasteiger partial charge is 0.335 e. The lowest BCUT2D eigenvalue weighted by atomic mass is 9.82. The van der Waals surface area contributed by atoms with Crippen LogP contribution in [0.4, 0.5) is 0 Å². The Bertz CT molecular complexity index is 1350. The monoisotopic (exact) mass is 484 g/mol. The van der Waals surface area contributed by atoms with E-state index in [1.54, 1.807) is 30.5 Å². The van der Waals surface area contributed by atoms with Crippen LogP contribution in [-0.4, -0.2) is 16.1 Å². The van der Waals surface area contributed by atoms with Gasteiger partial charge in [0.2, 0.25) is 0 Å². The second kappa shape index (κ2) is 10.6. The lowest BCUT2D eigenvalue weighted by molar-refractivity contribution is 0.0697. The zero-order valence-corrected chi connectivity index (χ0v) is 20.2. The molecule has 0 saturated carbocycles. The normalized spacial score (nSPS) is 12.7. The second-order valence-corrected chi connectivity index (χ2v) is 9.08. The molecule has 6 heteroatoms. The van der Waals surface area contributed by atoms with Gasteiger partial charge in [0, 0.05) is 22.8 Å². The van der Waals surface area contributed by atoms with Crippen molar-refractivity contribution in [2.75, 3.05) is 0 Å². The van der Waals surface area contributed by atoms with Gasteiger partial charge in [-0.1, -0.05) is 59.2 Å². The standard InChI is InChI=1S/C29H25ClN2O3/c1-18-15-25(30)11-12-26(18)27(17-28(32-35)24-13-14-31-19(2)16-24)22-7-3-20(4-8-22)21-5-9-23(10-6-21)29(33)34/h3-16,27-28H,17H2,1-2H3,(H,33,34)/t27-,28?/m0/s1.